The van der Waals surface area contributed by atoms with Crippen LogP contribution in [-0.2, 0) is 9.59 Å². The summed E-state index contributed by atoms with van der Waals surface area (Å²) in [5, 5.41) is 0. The van der Waals surface area contributed by atoms with Crippen LogP contribution >= 0.6 is 0 Å². The molecule has 0 bridgehead atoms. The van der Waals surface area contributed by atoms with Crippen molar-refractivity contribution in [3.63, 3.8) is 0 Å². The Kier molecular flexibility index (Phi) is 5.42. The molecule has 1 fully saturated rings. The smallest absolute Gasteiger partial charge is 0.257 e. The van der Waals surface area contributed by atoms with Crippen LogP contribution in [0.25, 0.3) is 0 Å². The van der Waals surface area contributed by atoms with Gasteiger partial charge in [0.1, 0.15) is 17.6 Å². The fourth-order valence-corrected chi connectivity index (χ4v) is 3.47. The zero-order valence-electron chi connectivity index (χ0n) is 16.8. The molecular formula is C22H23FN2O4. The number of hydrogen-bond acceptors (Lipinski definition) is 4. The quantitative estimate of drug-likeness (QED) is 0.741. The molecule has 1 atom stereocenters. The fourth-order valence-electron chi connectivity index (χ4n) is 3.47. The predicted molar refractivity (Wildman–Crippen MR) is 106 cm³/mol. The lowest BCUT2D eigenvalue weighted by Crippen LogP contribution is -2.54. The highest BCUT2D eigenvalue weighted by Crippen LogP contribution is 2.31. The van der Waals surface area contributed by atoms with E-state index in [2.05, 4.69) is 0 Å². The van der Waals surface area contributed by atoms with Gasteiger partial charge in [-0.2, -0.15) is 0 Å². The predicted octanol–water partition coefficient (Wildman–Crippen LogP) is 3.41. The van der Waals surface area contributed by atoms with Crippen LogP contribution in [0.15, 0.2) is 48.5 Å². The molecular weight excluding hydrogens is 375 g/mol. The van der Waals surface area contributed by atoms with E-state index in [1.54, 1.807) is 24.3 Å². The second kappa shape index (κ2) is 7.66. The van der Waals surface area contributed by atoms with Gasteiger partial charge in [-0.3, -0.25) is 14.4 Å². The molecule has 0 saturated carbocycles. The molecule has 0 spiro atoms. The van der Waals surface area contributed by atoms with Crippen molar-refractivity contribution in [1.29, 1.82) is 0 Å². The number of methoxy groups -OCH3 is 1. The number of rotatable bonds is 4. The molecule has 1 heterocycles. The van der Waals surface area contributed by atoms with Crippen LogP contribution in [0.3, 0.4) is 0 Å². The van der Waals surface area contributed by atoms with Crippen molar-refractivity contribution in [3.05, 3.63) is 59.9 Å². The van der Waals surface area contributed by atoms with Crippen LogP contribution < -0.4 is 9.64 Å². The highest BCUT2D eigenvalue weighted by atomic mass is 19.1. The minimum Gasteiger partial charge on any atom is -0.497 e. The normalized spacial score (nSPS) is 16.9. The van der Waals surface area contributed by atoms with Crippen molar-refractivity contribution in [2.24, 2.45) is 0 Å². The number of carbonyl (C=O) groups excluding carboxylic acids is 3. The maximum Gasteiger partial charge on any atom is 0.257 e. The Bertz CT molecular complexity index is 933. The molecule has 0 N–H and O–H groups in total. The van der Waals surface area contributed by atoms with Crippen molar-refractivity contribution in [2.45, 2.75) is 38.8 Å². The SMILES string of the molecule is COc1ccc(C(=O)N(C2CC(=O)N(c3ccc(F)cc3)C2=O)C(C)(C)C)cc1. The lowest BCUT2D eigenvalue weighted by Gasteiger charge is -2.39. The maximum atomic E-state index is 13.3. The van der Waals surface area contributed by atoms with Crippen LogP contribution in [0.4, 0.5) is 10.1 Å². The van der Waals surface area contributed by atoms with Crippen molar-refractivity contribution in [1.82, 2.24) is 4.90 Å². The van der Waals surface area contributed by atoms with Crippen LogP contribution in [-0.4, -0.2) is 41.3 Å². The van der Waals surface area contributed by atoms with Crippen molar-refractivity contribution in [2.75, 3.05) is 12.0 Å². The third-order valence-corrected chi connectivity index (χ3v) is 4.80. The lowest BCUT2D eigenvalue weighted by molar-refractivity contribution is -0.123. The number of benzene rings is 2. The second-order valence-electron chi connectivity index (χ2n) is 7.84. The van der Waals surface area contributed by atoms with Gasteiger partial charge < -0.3 is 9.64 Å². The maximum absolute atomic E-state index is 13.3. The molecule has 3 amide bonds. The molecule has 7 heteroatoms. The van der Waals surface area contributed by atoms with Crippen molar-refractivity contribution in [3.8, 4) is 5.75 Å². The van der Waals surface area contributed by atoms with E-state index in [-0.39, 0.29) is 18.0 Å². The first kappa shape index (κ1) is 20.5. The van der Waals surface area contributed by atoms with E-state index < -0.39 is 29.2 Å². The Balaban J connectivity index is 1.95. The van der Waals surface area contributed by atoms with E-state index in [9.17, 15) is 18.8 Å². The lowest BCUT2D eigenvalue weighted by atomic mass is 9.99. The van der Waals surface area contributed by atoms with Crippen LogP contribution in [0.5, 0.6) is 5.75 Å². The molecule has 29 heavy (non-hydrogen) atoms. The first-order valence-electron chi connectivity index (χ1n) is 9.23. The van der Waals surface area contributed by atoms with Gasteiger partial charge in [0.15, 0.2) is 0 Å². The Morgan fingerprint density at radius 2 is 1.66 bits per heavy atom. The highest BCUT2D eigenvalue weighted by Gasteiger charge is 2.47. The van der Waals surface area contributed by atoms with Gasteiger partial charge in [-0.25, -0.2) is 9.29 Å². The summed E-state index contributed by atoms with van der Waals surface area (Å²) in [6.45, 7) is 5.44. The molecule has 1 saturated heterocycles. The molecule has 0 aromatic heterocycles. The second-order valence-corrected chi connectivity index (χ2v) is 7.84. The summed E-state index contributed by atoms with van der Waals surface area (Å²) < 4.78 is 18.3. The van der Waals surface area contributed by atoms with Gasteiger partial charge in [-0.1, -0.05) is 0 Å². The number of amides is 3. The molecule has 2 aromatic carbocycles. The summed E-state index contributed by atoms with van der Waals surface area (Å²) in [4.78, 5) is 41.5. The van der Waals surface area contributed by atoms with E-state index in [0.717, 1.165) is 4.90 Å². The highest BCUT2D eigenvalue weighted by molar-refractivity contribution is 6.23. The number of carbonyl (C=O) groups is 3. The molecule has 2 aromatic rings. The topological polar surface area (TPSA) is 66.9 Å². The first-order chi connectivity index (χ1) is 13.6. The molecule has 0 aliphatic carbocycles. The Morgan fingerprint density at radius 3 is 2.17 bits per heavy atom. The number of halogens is 1. The third-order valence-electron chi connectivity index (χ3n) is 4.80. The van der Waals surface area contributed by atoms with E-state index >= 15 is 0 Å². The summed E-state index contributed by atoms with van der Waals surface area (Å²) >= 11 is 0. The summed E-state index contributed by atoms with van der Waals surface area (Å²) in [7, 11) is 1.53. The van der Waals surface area contributed by atoms with E-state index in [0.29, 0.717) is 11.3 Å². The van der Waals surface area contributed by atoms with Gasteiger partial charge in [0.2, 0.25) is 5.91 Å². The standard InChI is InChI=1S/C22H23FN2O4/c1-22(2,3)25(20(27)14-5-11-17(29-4)12-6-14)18-13-19(26)24(21(18)28)16-9-7-15(23)8-10-16/h5-12,18H,13H2,1-4H3. The van der Waals surface area contributed by atoms with Gasteiger partial charge in [-0.15, -0.1) is 0 Å². The van der Waals surface area contributed by atoms with Gasteiger partial charge in [0, 0.05) is 11.1 Å². The number of imide groups is 1. The number of anilines is 1. The largest absolute Gasteiger partial charge is 0.497 e. The van der Waals surface area contributed by atoms with Crippen LogP contribution in [0.1, 0.15) is 37.6 Å². The molecule has 1 aliphatic heterocycles. The summed E-state index contributed by atoms with van der Waals surface area (Å²) in [5.41, 5.74) is -0.0352. The first-order valence-corrected chi connectivity index (χ1v) is 9.23. The summed E-state index contributed by atoms with van der Waals surface area (Å²) in [6.07, 6.45) is -0.130. The molecule has 3 rings (SSSR count). The summed E-state index contributed by atoms with van der Waals surface area (Å²) in [6, 6.07) is 10.8. The number of ether oxygens (including phenoxy) is 1. The molecule has 6 nitrogen and oxygen atoms in total. The number of hydrogen-bond donors (Lipinski definition) is 0. The van der Waals surface area contributed by atoms with Crippen molar-refractivity contribution >= 4 is 23.4 Å². The molecule has 1 unspecified atom stereocenters. The zero-order chi connectivity index (χ0) is 21.3. The molecule has 0 radical (unpaired) electrons. The van der Waals surface area contributed by atoms with Gasteiger partial charge >= 0.3 is 0 Å². The average Bonchev–Trinajstić information content (AvgIpc) is 2.95. The molecule has 1 aliphatic rings. The number of nitrogens with zero attached hydrogens (tertiary/aromatic N) is 2. The minimum absolute atomic E-state index is 0.130. The fraction of sp³-hybridized carbons (Fsp3) is 0.318. The Labute approximate surface area is 168 Å². The summed E-state index contributed by atoms with van der Waals surface area (Å²) in [5.74, 6) is -1.14. The monoisotopic (exact) mass is 398 g/mol. The van der Waals surface area contributed by atoms with Crippen LogP contribution in [0, 0.1) is 5.82 Å². The molecule has 152 valence electrons. The Hall–Kier alpha value is -3.22. The average molecular weight is 398 g/mol. The Morgan fingerprint density at radius 1 is 1.07 bits per heavy atom. The zero-order valence-corrected chi connectivity index (χ0v) is 16.8. The van der Waals surface area contributed by atoms with E-state index in [1.165, 1.54) is 36.3 Å². The van der Waals surface area contributed by atoms with Gasteiger partial charge in [-0.05, 0) is 69.3 Å². The van der Waals surface area contributed by atoms with Gasteiger partial charge in [0.05, 0.1) is 19.2 Å². The van der Waals surface area contributed by atoms with Crippen molar-refractivity contribution < 1.29 is 23.5 Å². The van der Waals surface area contributed by atoms with Gasteiger partial charge in [0.25, 0.3) is 11.8 Å². The van der Waals surface area contributed by atoms with Crippen LogP contribution in [0.2, 0.25) is 0 Å². The third kappa shape index (κ3) is 3.99. The van der Waals surface area contributed by atoms with E-state index in [4.69, 9.17) is 4.74 Å². The van der Waals surface area contributed by atoms with E-state index in [1.807, 2.05) is 20.8 Å². The minimum atomic E-state index is -0.942.